The predicted octanol–water partition coefficient (Wildman–Crippen LogP) is 1.68. The van der Waals surface area contributed by atoms with Gasteiger partial charge in [-0.25, -0.2) is 0 Å². The quantitative estimate of drug-likeness (QED) is 0.625. The van der Waals surface area contributed by atoms with Crippen molar-refractivity contribution in [3.05, 3.63) is 0 Å². The number of hydrogen-bond acceptors (Lipinski definition) is 3. The third-order valence-corrected chi connectivity index (χ3v) is 3.30. The van der Waals surface area contributed by atoms with Gasteiger partial charge in [-0.15, -0.1) is 0 Å². The summed E-state index contributed by atoms with van der Waals surface area (Å²) >= 11 is 0. The summed E-state index contributed by atoms with van der Waals surface area (Å²) in [6.45, 7) is 6.69. The van der Waals surface area contributed by atoms with Crippen LogP contribution in [0.1, 0.15) is 26.2 Å². The molecule has 2 unspecified atom stereocenters. The number of nitrogens with one attached hydrogen (secondary N) is 1. The van der Waals surface area contributed by atoms with Crippen LogP contribution < -0.4 is 5.32 Å². The Morgan fingerprint density at radius 3 is 2.73 bits per heavy atom. The number of ether oxygens (including phenoxy) is 2. The van der Waals surface area contributed by atoms with Crippen LogP contribution in [0.2, 0.25) is 0 Å². The Hall–Kier alpha value is -0.120. The molecule has 0 aromatic carbocycles. The van der Waals surface area contributed by atoms with Gasteiger partial charge in [0, 0.05) is 13.7 Å². The zero-order valence-electron chi connectivity index (χ0n) is 10.1. The van der Waals surface area contributed by atoms with Gasteiger partial charge in [-0.05, 0) is 24.8 Å². The summed E-state index contributed by atoms with van der Waals surface area (Å²) in [5, 5.41) is 3.47. The molecule has 0 amide bonds. The number of rotatable bonds is 8. The zero-order valence-corrected chi connectivity index (χ0v) is 10.1. The van der Waals surface area contributed by atoms with E-state index in [1.807, 2.05) is 0 Å². The van der Waals surface area contributed by atoms with Crippen LogP contribution in [0.4, 0.5) is 0 Å². The molecular formula is C12H25NO2. The second-order valence-corrected chi connectivity index (χ2v) is 4.48. The second kappa shape index (κ2) is 8.08. The van der Waals surface area contributed by atoms with Crippen molar-refractivity contribution in [2.45, 2.75) is 26.2 Å². The average Bonchev–Trinajstić information content (AvgIpc) is 2.63. The van der Waals surface area contributed by atoms with E-state index in [9.17, 15) is 0 Å². The van der Waals surface area contributed by atoms with Crippen molar-refractivity contribution in [1.82, 2.24) is 5.32 Å². The van der Waals surface area contributed by atoms with Gasteiger partial charge >= 0.3 is 0 Å². The van der Waals surface area contributed by atoms with Crippen molar-refractivity contribution in [2.75, 3.05) is 40.0 Å². The first-order valence-corrected chi connectivity index (χ1v) is 6.12. The Morgan fingerprint density at radius 2 is 2.07 bits per heavy atom. The molecule has 3 heteroatoms. The van der Waals surface area contributed by atoms with Crippen LogP contribution in [-0.2, 0) is 9.47 Å². The molecule has 0 aromatic heterocycles. The zero-order chi connectivity index (χ0) is 10.9. The highest BCUT2D eigenvalue weighted by Gasteiger charge is 2.22. The maximum absolute atomic E-state index is 5.38. The Balaban J connectivity index is 1.84. The molecule has 1 rings (SSSR count). The van der Waals surface area contributed by atoms with Gasteiger partial charge in [-0.3, -0.25) is 0 Å². The van der Waals surface area contributed by atoms with E-state index in [0.29, 0.717) is 13.2 Å². The maximum Gasteiger partial charge on any atom is 0.0700 e. The van der Waals surface area contributed by atoms with Gasteiger partial charge in [0.1, 0.15) is 0 Å². The van der Waals surface area contributed by atoms with Crippen LogP contribution >= 0.6 is 0 Å². The molecule has 0 heterocycles. The average molecular weight is 215 g/mol. The summed E-state index contributed by atoms with van der Waals surface area (Å²) in [5.74, 6) is 1.80. The first kappa shape index (κ1) is 12.9. The molecule has 0 aromatic rings. The first-order chi connectivity index (χ1) is 7.34. The minimum absolute atomic E-state index is 0.694. The molecule has 90 valence electrons. The third kappa shape index (κ3) is 5.50. The van der Waals surface area contributed by atoms with E-state index in [1.54, 1.807) is 7.11 Å². The van der Waals surface area contributed by atoms with Gasteiger partial charge in [0.25, 0.3) is 0 Å². The van der Waals surface area contributed by atoms with Gasteiger partial charge in [-0.1, -0.05) is 19.8 Å². The monoisotopic (exact) mass is 215 g/mol. The van der Waals surface area contributed by atoms with Gasteiger partial charge in [0.05, 0.1) is 19.8 Å². The van der Waals surface area contributed by atoms with Crippen LogP contribution in [0.15, 0.2) is 0 Å². The molecule has 0 radical (unpaired) electrons. The van der Waals surface area contributed by atoms with E-state index < -0.39 is 0 Å². The van der Waals surface area contributed by atoms with E-state index in [1.165, 1.54) is 19.3 Å². The minimum Gasteiger partial charge on any atom is -0.382 e. The smallest absolute Gasteiger partial charge is 0.0700 e. The highest BCUT2D eigenvalue weighted by molar-refractivity contribution is 4.75. The van der Waals surface area contributed by atoms with Crippen molar-refractivity contribution < 1.29 is 9.47 Å². The highest BCUT2D eigenvalue weighted by atomic mass is 16.5. The van der Waals surface area contributed by atoms with Crippen LogP contribution in [-0.4, -0.2) is 40.0 Å². The molecule has 3 nitrogen and oxygen atoms in total. The van der Waals surface area contributed by atoms with Crippen LogP contribution in [0.5, 0.6) is 0 Å². The summed E-state index contributed by atoms with van der Waals surface area (Å²) in [5.41, 5.74) is 0. The molecule has 0 bridgehead atoms. The van der Waals surface area contributed by atoms with Crippen molar-refractivity contribution in [3.8, 4) is 0 Å². The minimum atomic E-state index is 0.694. The Kier molecular flexibility index (Phi) is 6.98. The molecule has 1 saturated carbocycles. The topological polar surface area (TPSA) is 30.5 Å². The summed E-state index contributed by atoms with van der Waals surface area (Å²) < 4.78 is 10.3. The van der Waals surface area contributed by atoms with E-state index in [4.69, 9.17) is 9.47 Å². The molecular weight excluding hydrogens is 190 g/mol. The predicted molar refractivity (Wildman–Crippen MR) is 62.1 cm³/mol. The summed E-state index contributed by atoms with van der Waals surface area (Å²) in [6, 6.07) is 0. The lowest BCUT2D eigenvalue weighted by Crippen LogP contribution is -2.27. The van der Waals surface area contributed by atoms with Crippen molar-refractivity contribution in [2.24, 2.45) is 11.8 Å². The van der Waals surface area contributed by atoms with E-state index >= 15 is 0 Å². The highest BCUT2D eigenvalue weighted by Crippen LogP contribution is 2.30. The van der Waals surface area contributed by atoms with Gasteiger partial charge in [-0.2, -0.15) is 0 Å². The lowest BCUT2D eigenvalue weighted by molar-refractivity contribution is 0.0715. The fraction of sp³-hybridized carbons (Fsp3) is 1.00. The van der Waals surface area contributed by atoms with Crippen LogP contribution in [0.25, 0.3) is 0 Å². The van der Waals surface area contributed by atoms with E-state index in [2.05, 4.69) is 12.2 Å². The Morgan fingerprint density at radius 1 is 1.20 bits per heavy atom. The molecule has 1 aliphatic rings. The Bertz CT molecular complexity index is 153. The second-order valence-electron chi connectivity index (χ2n) is 4.48. The maximum atomic E-state index is 5.38. The molecule has 15 heavy (non-hydrogen) atoms. The summed E-state index contributed by atoms with van der Waals surface area (Å²) in [6.07, 6.45) is 4.23. The molecule has 0 aliphatic heterocycles. The van der Waals surface area contributed by atoms with Gasteiger partial charge < -0.3 is 14.8 Å². The first-order valence-electron chi connectivity index (χ1n) is 6.12. The van der Waals surface area contributed by atoms with E-state index in [0.717, 1.165) is 31.5 Å². The molecule has 1 N–H and O–H groups in total. The number of methoxy groups -OCH3 is 1. The molecule has 0 saturated heterocycles. The third-order valence-electron chi connectivity index (χ3n) is 3.30. The fourth-order valence-electron chi connectivity index (χ4n) is 2.20. The standard InChI is InChI=1S/C12H25NO2/c1-11-4-3-5-12(11)10-13-6-7-15-9-8-14-2/h11-13H,3-10H2,1-2H3. The normalized spacial score (nSPS) is 26.0. The lowest BCUT2D eigenvalue weighted by Gasteiger charge is -2.15. The summed E-state index contributed by atoms with van der Waals surface area (Å²) in [7, 11) is 1.70. The van der Waals surface area contributed by atoms with Crippen LogP contribution in [0, 0.1) is 11.8 Å². The Labute approximate surface area is 93.5 Å². The summed E-state index contributed by atoms with van der Waals surface area (Å²) in [4.78, 5) is 0. The van der Waals surface area contributed by atoms with Gasteiger partial charge in [0.2, 0.25) is 0 Å². The lowest BCUT2D eigenvalue weighted by atomic mass is 9.98. The van der Waals surface area contributed by atoms with Crippen molar-refractivity contribution >= 4 is 0 Å². The molecule has 2 atom stereocenters. The molecule has 0 spiro atoms. The van der Waals surface area contributed by atoms with Gasteiger partial charge in [0.15, 0.2) is 0 Å². The largest absolute Gasteiger partial charge is 0.382 e. The van der Waals surface area contributed by atoms with Crippen molar-refractivity contribution in [1.29, 1.82) is 0 Å². The SMILES string of the molecule is COCCOCCNCC1CCCC1C. The molecule has 1 fully saturated rings. The number of hydrogen-bond donors (Lipinski definition) is 1. The van der Waals surface area contributed by atoms with Crippen molar-refractivity contribution in [3.63, 3.8) is 0 Å². The molecule has 1 aliphatic carbocycles. The van der Waals surface area contributed by atoms with E-state index in [-0.39, 0.29) is 0 Å². The van der Waals surface area contributed by atoms with Crippen LogP contribution in [0.3, 0.4) is 0 Å². The fourth-order valence-corrected chi connectivity index (χ4v) is 2.20.